The molecule has 0 bridgehead atoms. The average molecular weight is 709 g/mol. The standard InChI is InChI=1S/C41H52N6O3S/c1-28(2)37(45-38(48)35-16-15-31-13-9-10-14-34(31)44-35)40(50)43-32(25-29-11-7-6-8-12-29)19-23-47-24-20-33(51-27-30-17-21-42-22-18-30)26-36(47)39(49)46-41(3,4)5/h6-18,21-22,28,32-33,36-37H,19-20,23-27H2,1-5H3,(H,43,50)(H,45,48)(H,46,49)/t32-,33-,36+,37+/m1/s1. The number of nitrogens with zero attached hydrogens (tertiary/aromatic N) is 3. The van der Waals surface area contributed by atoms with E-state index in [1.807, 2.05) is 119 Å². The SMILES string of the molecule is CC(C)[C@H](NC(=O)c1ccc2ccccc2n1)C(=O)N[C@H](CCN1CC[C@@H](SCc2ccncc2)C[C@H]1C(=O)NC(C)(C)C)Cc1ccccc1. The molecule has 0 spiro atoms. The molecule has 3 amide bonds. The normalized spacial score (nSPS) is 17.8. The Morgan fingerprint density at radius 3 is 2.35 bits per heavy atom. The summed E-state index contributed by atoms with van der Waals surface area (Å²) in [5.41, 5.74) is 3.00. The maximum atomic E-state index is 13.9. The lowest BCUT2D eigenvalue weighted by Crippen LogP contribution is -2.56. The number of amides is 3. The van der Waals surface area contributed by atoms with Crippen LogP contribution in [0.25, 0.3) is 10.9 Å². The Hall–Kier alpha value is -4.28. The van der Waals surface area contributed by atoms with Crippen molar-refractivity contribution in [3.05, 3.63) is 108 Å². The van der Waals surface area contributed by atoms with Crippen LogP contribution in [0.3, 0.4) is 0 Å². The number of carbonyl (C=O) groups is 3. The van der Waals surface area contributed by atoms with Gasteiger partial charge in [0.1, 0.15) is 11.7 Å². The number of rotatable bonds is 14. The predicted molar refractivity (Wildman–Crippen MR) is 206 cm³/mol. The molecule has 270 valence electrons. The van der Waals surface area contributed by atoms with E-state index in [0.717, 1.165) is 41.6 Å². The quantitative estimate of drug-likeness (QED) is 0.143. The zero-order valence-electron chi connectivity index (χ0n) is 30.5. The van der Waals surface area contributed by atoms with Gasteiger partial charge in [0.2, 0.25) is 11.8 Å². The summed E-state index contributed by atoms with van der Waals surface area (Å²) in [7, 11) is 0. The van der Waals surface area contributed by atoms with E-state index in [-0.39, 0.29) is 47.0 Å². The van der Waals surface area contributed by atoms with Gasteiger partial charge in [-0.3, -0.25) is 24.3 Å². The van der Waals surface area contributed by atoms with Crippen molar-refractivity contribution in [2.45, 2.75) is 95.0 Å². The van der Waals surface area contributed by atoms with Crippen molar-refractivity contribution in [3.8, 4) is 0 Å². The van der Waals surface area contributed by atoms with Crippen LogP contribution in [0.5, 0.6) is 0 Å². The van der Waals surface area contributed by atoms with Crippen molar-refractivity contribution in [3.63, 3.8) is 0 Å². The van der Waals surface area contributed by atoms with Crippen LogP contribution in [0.15, 0.2) is 91.3 Å². The molecule has 0 unspecified atom stereocenters. The number of aromatic nitrogens is 2. The molecule has 1 fully saturated rings. The van der Waals surface area contributed by atoms with Gasteiger partial charge in [-0.05, 0) is 94.3 Å². The van der Waals surface area contributed by atoms with Crippen molar-refractivity contribution in [2.24, 2.45) is 5.92 Å². The highest BCUT2D eigenvalue weighted by Gasteiger charge is 2.35. The zero-order chi connectivity index (χ0) is 36.4. The lowest BCUT2D eigenvalue weighted by atomic mass is 9.96. The summed E-state index contributed by atoms with van der Waals surface area (Å²) in [5, 5.41) is 10.8. The Bertz CT molecular complexity index is 1750. The Morgan fingerprint density at radius 1 is 0.902 bits per heavy atom. The van der Waals surface area contributed by atoms with Gasteiger partial charge in [0.25, 0.3) is 5.91 Å². The number of nitrogens with one attached hydrogen (secondary N) is 3. The molecule has 2 aromatic heterocycles. The molecular formula is C41H52N6O3S. The maximum Gasteiger partial charge on any atom is 0.270 e. The minimum Gasteiger partial charge on any atom is -0.351 e. The number of para-hydroxylation sites is 1. The molecule has 5 rings (SSSR count). The second-order valence-corrected chi connectivity index (χ2v) is 16.2. The van der Waals surface area contributed by atoms with E-state index in [4.69, 9.17) is 0 Å². The van der Waals surface area contributed by atoms with Crippen LogP contribution in [0.4, 0.5) is 0 Å². The Balaban J connectivity index is 1.28. The fourth-order valence-corrected chi connectivity index (χ4v) is 7.71. The molecule has 1 aliphatic rings. The number of fused-ring (bicyclic) bond motifs is 1. The largest absolute Gasteiger partial charge is 0.351 e. The molecule has 0 aliphatic carbocycles. The minimum atomic E-state index is -0.748. The van der Waals surface area contributed by atoms with Crippen LogP contribution in [-0.2, 0) is 21.8 Å². The van der Waals surface area contributed by atoms with Crippen molar-refractivity contribution >= 4 is 40.4 Å². The van der Waals surface area contributed by atoms with Crippen molar-refractivity contribution < 1.29 is 14.4 Å². The molecule has 0 radical (unpaired) electrons. The highest BCUT2D eigenvalue weighted by Crippen LogP contribution is 2.30. The van der Waals surface area contributed by atoms with Gasteiger partial charge >= 0.3 is 0 Å². The minimum absolute atomic E-state index is 0.0465. The second-order valence-electron chi connectivity index (χ2n) is 14.9. The fraction of sp³-hybridized carbons (Fsp3) is 0.439. The summed E-state index contributed by atoms with van der Waals surface area (Å²) < 4.78 is 0. The molecule has 9 nitrogen and oxygen atoms in total. The van der Waals surface area contributed by atoms with Crippen LogP contribution < -0.4 is 16.0 Å². The van der Waals surface area contributed by atoms with Crippen molar-refractivity contribution in [2.75, 3.05) is 13.1 Å². The van der Waals surface area contributed by atoms with E-state index < -0.39 is 6.04 Å². The number of benzene rings is 2. The van der Waals surface area contributed by atoms with E-state index in [2.05, 4.69) is 43.0 Å². The third-order valence-corrected chi connectivity index (χ3v) is 10.6. The maximum absolute atomic E-state index is 13.9. The summed E-state index contributed by atoms with van der Waals surface area (Å²) in [6, 6.07) is 24.2. The number of pyridine rings is 2. The number of thioether (sulfide) groups is 1. The van der Waals surface area contributed by atoms with Crippen LogP contribution in [0.1, 0.15) is 75.5 Å². The number of carbonyl (C=O) groups excluding carboxylic acids is 3. The van der Waals surface area contributed by atoms with Gasteiger partial charge in [0.15, 0.2) is 0 Å². The zero-order valence-corrected chi connectivity index (χ0v) is 31.3. The van der Waals surface area contributed by atoms with E-state index in [1.165, 1.54) is 5.56 Å². The number of likely N-dealkylation sites (tertiary alicyclic amines) is 1. The Kier molecular flexibility index (Phi) is 13.2. The van der Waals surface area contributed by atoms with Crippen LogP contribution >= 0.6 is 11.8 Å². The van der Waals surface area contributed by atoms with Gasteiger partial charge in [-0.1, -0.05) is 68.4 Å². The molecule has 2 aromatic carbocycles. The molecule has 3 heterocycles. The molecule has 4 aromatic rings. The summed E-state index contributed by atoms with van der Waals surface area (Å²) in [5.74, 6) is 0.169. The number of hydrogen-bond donors (Lipinski definition) is 3. The van der Waals surface area contributed by atoms with Crippen LogP contribution in [-0.4, -0.2) is 74.6 Å². The third kappa shape index (κ3) is 11.4. The molecule has 1 aliphatic heterocycles. The first-order chi connectivity index (χ1) is 24.4. The Labute approximate surface area is 306 Å². The molecule has 3 N–H and O–H groups in total. The summed E-state index contributed by atoms with van der Waals surface area (Å²) >= 11 is 1.91. The second kappa shape index (κ2) is 17.8. The molecule has 4 atom stereocenters. The lowest BCUT2D eigenvalue weighted by molar-refractivity contribution is -0.129. The number of piperidine rings is 1. The van der Waals surface area contributed by atoms with Gasteiger partial charge in [-0.2, -0.15) is 11.8 Å². The predicted octanol–water partition coefficient (Wildman–Crippen LogP) is 6.18. The Morgan fingerprint density at radius 2 is 1.63 bits per heavy atom. The van der Waals surface area contributed by atoms with E-state index in [9.17, 15) is 14.4 Å². The van der Waals surface area contributed by atoms with Crippen LogP contribution in [0, 0.1) is 5.92 Å². The van der Waals surface area contributed by atoms with Gasteiger partial charge < -0.3 is 16.0 Å². The van der Waals surface area contributed by atoms with E-state index in [1.54, 1.807) is 6.07 Å². The summed E-state index contributed by atoms with van der Waals surface area (Å²) in [6.45, 7) is 11.4. The smallest absolute Gasteiger partial charge is 0.270 e. The molecule has 51 heavy (non-hydrogen) atoms. The van der Waals surface area contributed by atoms with Crippen molar-refractivity contribution in [1.29, 1.82) is 0 Å². The highest BCUT2D eigenvalue weighted by molar-refractivity contribution is 7.99. The first-order valence-corrected chi connectivity index (χ1v) is 19.1. The van der Waals surface area contributed by atoms with E-state index >= 15 is 0 Å². The molecule has 10 heteroatoms. The number of hydrogen-bond acceptors (Lipinski definition) is 7. The van der Waals surface area contributed by atoms with Gasteiger partial charge in [-0.25, -0.2) is 4.98 Å². The first-order valence-electron chi connectivity index (χ1n) is 18.0. The van der Waals surface area contributed by atoms with Gasteiger partial charge in [0.05, 0.1) is 11.6 Å². The van der Waals surface area contributed by atoms with Crippen LogP contribution in [0.2, 0.25) is 0 Å². The highest BCUT2D eigenvalue weighted by atomic mass is 32.2. The summed E-state index contributed by atoms with van der Waals surface area (Å²) in [4.78, 5) is 52.0. The average Bonchev–Trinajstić information content (AvgIpc) is 3.11. The molecule has 1 saturated heterocycles. The molecule has 0 saturated carbocycles. The van der Waals surface area contributed by atoms with E-state index in [0.29, 0.717) is 24.6 Å². The summed E-state index contributed by atoms with van der Waals surface area (Å²) in [6.07, 6.45) is 6.67. The fourth-order valence-electron chi connectivity index (χ4n) is 6.50. The van der Waals surface area contributed by atoms with Crippen molar-refractivity contribution in [1.82, 2.24) is 30.8 Å². The monoisotopic (exact) mass is 708 g/mol. The first kappa shape index (κ1) is 38.0. The topological polar surface area (TPSA) is 116 Å². The third-order valence-electron chi connectivity index (χ3n) is 9.20. The van der Waals surface area contributed by atoms with Gasteiger partial charge in [-0.15, -0.1) is 0 Å². The molecular weight excluding hydrogens is 657 g/mol. The lowest BCUT2D eigenvalue weighted by Gasteiger charge is -2.40. The van der Waals surface area contributed by atoms with Gasteiger partial charge in [0, 0.05) is 46.9 Å².